The third-order valence-corrected chi connectivity index (χ3v) is 2.18. The van der Waals surface area contributed by atoms with Crippen molar-refractivity contribution in [1.82, 2.24) is 0 Å². The molecule has 0 spiro atoms. The predicted molar refractivity (Wildman–Crippen MR) is 59.0 cm³/mol. The Hall–Kier alpha value is -1.35. The number of carbonyl (C=O) groups excluding carboxylic acids is 2. The van der Waals surface area contributed by atoms with Crippen LogP contribution in [0.1, 0.15) is 22.8 Å². The van der Waals surface area contributed by atoms with E-state index in [0.717, 1.165) is 5.56 Å². The number of amides is 1. The van der Waals surface area contributed by atoms with Gasteiger partial charge in [0.15, 0.2) is 5.78 Å². The van der Waals surface area contributed by atoms with Crippen LogP contribution < -0.4 is 5.73 Å². The number of rotatable bonds is 4. The maximum absolute atomic E-state index is 11.5. The quantitative estimate of drug-likeness (QED) is 0.624. The van der Waals surface area contributed by atoms with Crippen LogP contribution >= 0.6 is 11.6 Å². The first-order valence-electron chi connectivity index (χ1n) is 4.56. The monoisotopic (exact) mass is 225 g/mol. The van der Waals surface area contributed by atoms with E-state index >= 15 is 0 Å². The van der Waals surface area contributed by atoms with Crippen molar-refractivity contribution in [3.8, 4) is 0 Å². The Morgan fingerprint density at radius 2 is 1.87 bits per heavy atom. The number of hydrogen-bond donors (Lipinski definition) is 1. The minimum atomic E-state index is -0.535. The Morgan fingerprint density at radius 3 is 2.27 bits per heavy atom. The van der Waals surface area contributed by atoms with Crippen molar-refractivity contribution in [3.05, 3.63) is 35.4 Å². The lowest BCUT2D eigenvalue weighted by molar-refractivity contribution is -0.117. The highest BCUT2D eigenvalue weighted by atomic mass is 35.5. The second-order valence-electron chi connectivity index (χ2n) is 3.32. The molecule has 0 saturated carbocycles. The van der Waals surface area contributed by atoms with Crippen molar-refractivity contribution in [2.75, 3.05) is 0 Å². The molecule has 1 aromatic rings. The van der Waals surface area contributed by atoms with Gasteiger partial charge in [0.05, 0.1) is 11.8 Å². The number of halogens is 1. The molecular weight excluding hydrogens is 214 g/mol. The third kappa shape index (κ3) is 3.36. The molecule has 1 unspecified atom stereocenters. The summed E-state index contributed by atoms with van der Waals surface area (Å²) in [5.41, 5.74) is 6.38. The standard InChI is InChI=1S/C11H12ClNO2/c1-7(12)11(15)9-4-2-8(3-5-9)6-10(13)14/h2-5,7H,6H2,1H3,(H2,13,14). The Labute approximate surface area is 93.2 Å². The second kappa shape index (κ2) is 4.94. The first-order valence-corrected chi connectivity index (χ1v) is 5.00. The van der Waals surface area contributed by atoms with Gasteiger partial charge in [-0.25, -0.2) is 0 Å². The maximum Gasteiger partial charge on any atom is 0.221 e. The van der Waals surface area contributed by atoms with Gasteiger partial charge in [-0.05, 0) is 12.5 Å². The van der Waals surface area contributed by atoms with Crippen LogP contribution in [-0.2, 0) is 11.2 Å². The molecule has 0 bridgehead atoms. The molecule has 1 atom stereocenters. The van der Waals surface area contributed by atoms with Crippen LogP contribution in [0.5, 0.6) is 0 Å². The van der Waals surface area contributed by atoms with Gasteiger partial charge in [0, 0.05) is 5.56 Å². The van der Waals surface area contributed by atoms with Crippen LogP contribution in [0.15, 0.2) is 24.3 Å². The highest BCUT2D eigenvalue weighted by molar-refractivity contribution is 6.33. The van der Waals surface area contributed by atoms with Crippen molar-refractivity contribution in [3.63, 3.8) is 0 Å². The minimum absolute atomic E-state index is 0.123. The highest BCUT2D eigenvalue weighted by Crippen LogP contribution is 2.10. The number of benzene rings is 1. The summed E-state index contributed by atoms with van der Waals surface area (Å²) in [5, 5.41) is -0.535. The number of carbonyl (C=O) groups is 2. The minimum Gasteiger partial charge on any atom is -0.369 e. The largest absolute Gasteiger partial charge is 0.369 e. The summed E-state index contributed by atoms with van der Waals surface area (Å²) in [7, 11) is 0. The highest BCUT2D eigenvalue weighted by Gasteiger charge is 2.11. The van der Waals surface area contributed by atoms with Crippen molar-refractivity contribution in [2.45, 2.75) is 18.7 Å². The molecule has 3 nitrogen and oxygen atoms in total. The van der Waals surface area contributed by atoms with Gasteiger partial charge in [-0.2, -0.15) is 0 Å². The van der Waals surface area contributed by atoms with E-state index in [1.54, 1.807) is 31.2 Å². The van der Waals surface area contributed by atoms with Crippen molar-refractivity contribution in [1.29, 1.82) is 0 Å². The molecule has 1 aromatic carbocycles. The van der Waals surface area contributed by atoms with Crippen LogP contribution in [0.4, 0.5) is 0 Å². The van der Waals surface area contributed by atoms with Gasteiger partial charge < -0.3 is 5.73 Å². The lowest BCUT2D eigenvalue weighted by Crippen LogP contribution is -2.14. The molecule has 0 radical (unpaired) electrons. The Morgan fingerprint density at radius 1 is 1.33 bits per heavy atom. The normalized spacial score (nSPS) is 12.1. The van der Waals surface area contributed by atoms with Gasteiger partial charge in [-0.15, -0.1) is 11.6 Å². The van der Waals surface area contributed by atoms with E-state index in [9.17, 15) is 9.59 Å². The van der Waals surface area contributed by atoms with E-state index in [1.807, 2.05) is 0 Å². The predicted octanol–water partition coefficient (Wildman–Crippen LogP) is 1.52. The number of hydrogen-bond acceptors (Lipinski definition) is 2. The third-order valence-electron chi connectivity index (χ3n) is 1.98. The van der Waals surface area contributed by atoms with Gasteiger partial charge in [-0.3, -0.25) is 9.59 Å². The smallest absolute Gasteiger partial charge is 0.221 e. The van der Waals surface area contributed by atoms with Crippen molar-refractivity contribution >= 4 is 23.3 Å². The van der Waals surface area contributed by atoms with Gasteiger partial charge in [0.1, 0.15) is 0 Å². The molecule has 0 fully saturated rings. The SMILES string of the molecule is CC(Cl)C(=O)c1ccc(CC(N)=O)cc1. The maximum atomic E-state index is 11.5. The van der Waals surface area contributed by atoms with Gasteiger partial charge in [-0.1, -0.05) is 24.3 Å². The summed E-state index contributed by atoms with van der Waals surface area (Å²) in [6.45, 7) is 1.63. The molecule has 0 saturated heterocycles. The Bertz CT molecular complexity index is 371. The lowest BCUT2D eigenvalue weighted by atomic mass is 10.0. The average molecular weight is 226 g/mol. The number of Topliss-reactive ketones (excluding diaryl/α,β-unsaturated/α-hetero) is 1. The summed E-state index contributed by atoms with van der Waals surface area (Å²) in [4.78, 5) is 22.1. The molecular formula is C11H12ClNO2. The summed E-state index contributed by atoms with van der Waals surface area (Å²) in [5.74, 6) is -0.512. The Balaban J connectivity index is 2.81. The average Bonchev–Trinajstić information content (AvgIpc) is 2.17. The van der Waals surface area contributed by atoms with E-state index in [2.05, 4.69) is 0 Å². The molecule has 1 amide bonds. The van der Waals surface area contributed by atoms with Crippen LogP contribution in [0.3, 0.4) is 0 Å². The molecule has 2 N–H and O–H groups in total. The van der Waals surface area contributed by atoms with Crippen molar-refractivity contribution in [2.24, 2.45) is 5.73 Å². The van der Waals surface area contributed by atoms with Crippen molar-refractivity contribution < 1.29 is 9.59 Å². The summed E-state index contributed by atoms with van der Waals surface area (Å²) < 4.78 is 0. The topological polar surface area (TPSA) is 60.2 Å². The molecule has 0 aliphatic rings. The van der Waals surface area contributed by atoms with Gasteiger partial charge in [0.2, 0.25) is 5.91 Å². The molecule has 0 aliphatic carbocycles. The Kier molecular flexibility index (Phi) is 3.86. The zero-order chi connectivity index (χ0) is 11.4. The second-order valence-corrected chi connectivity index (χ2v) is 3.97. The van der Waals surface area contributed by atoms with E-state index in [-0.39, 0.29) is 18.1 Å². The van der Waals surface area contributed by atoms with E-state index in [4.69, 9.17) is 17.3 Å². The zero-order valence-corrected chi connectivity index (χ0v) is 9.12. The van der Waals surface area contributed by atoms with E-state index in [1.165, 1.54) is 0 Å². The zero-order valence-electron chi connectivity index (χ0n) is 8.37. The number of alkyl halides is 1. The van der Waals surface area contributed by atoms with E-state index < -0.39 is 5.38 Å². The molecule has 4 heteroatoms. The van der Waals surface area contributed by atoms with E-state index in [0.29, 0.717) is 5.56 Å². The lowest BCUT2D eigenvalue weighted by Gasteiger charge is -2.03. The number of primary amides is 1. The summed E-state index contributed by atoms with van der Waals surface area (Å²) >= 11 is 5.66. The number of ketones is 1. The van der Waals surface area contributed by atoms with Crippen LogP contribution in [0.25, 0.3) is 0 Å². The fourth-order valence-corrected chi connectivity index (χ4v) is 1.34. The van der Waals surface area contributed by atoms with Crippen LogP contribution in [-0.4, -0.2) is 17.1 Å². The first kappa shape index (κ1) is 11.7. The van der Waals surface area contributed by atoms with Crippen LogP contribution in [0.2, 0.25) is 0 Å². The molecule has 0 aromatic heterocycles. The molecule has 0 aliphatic heterocycles. The summed E-state index contributed by atoms with van der Waals surface area (Å²) in [6, 6.07) is 6.72. The fraction of sp³-hybridized carbons (Fsp3) is 0.273. The molecule has 15 heavy (non-hydrogen) atoms. The van der Waals surface area contributed by atoms with Gasteiger partial charge in [0.25, 0.3) is 0 Å². The molecule has 1 rings (SSSR count). The van der Waals surface area contributed by atoms with Crippen LogP contribution in [0, 0.1) is 0 Å². The summed E-state index contributed by atoms with van der Waals surface area (Å²) in [6.07, 6.45) is 0.185. The number of nitrogens with two attached hydrogens (primary N) is 1. The molecule has 80 valence electrons. The first-order chi connectivity index (χ1) is 7.00. The van der Waals surface area contributed by atoms with Gasteiger partial charge >= 0.3 is 0 Å². The molecule has 0 heterocycles. The fourth-order valence-electron chi connectivity index (χ4n) is 1.22.